The highest BCUT2D eigenvalue weighted by Gasteiger charge is 2.14. The summed E-state index contributed by atoms with van der Waals surface area (Å²) >= 11 is 0. The Hall–Kier alpha value is -2.63. The Morgan fingerprint density at radius 2 is 1.95 bits per heavy atom. The van der Waals surface area contributed by atoms with Crippen molar-refractivity contribution < 1.29 is 18.3 Å². The molecule has 3 N–H and O–H groups in total. The van der Waals surface area contributed by atoms with E-state index in [2.05, 4.69) is 10.1 Å². The molecule has 2 rings (SSSR count). The van der Waals surface area contributed by atoms with E-state index in [4.69, 9.17) is 5.73 Å². The standard InChI is InChI=1S/C15H14F2N2O2/c1-9-6-7-10(18)8-11(9)14(20)19-12-4-2-3-5-13(12)21-15(16)17/h2-8,15H,18H2,1H3,(H,19,20). The number of ether oxygens (including phenoxy) is 1. The van der Waals surface area contributed by atoms with Crippen molar-refractivity contribution in [3.8, 4) is 5.75 Å². The third-order valence-corrected chi connectivity index (χ3v) is 2.86. The van der Waals surface area contributed by atoms with Crippen molar-refractivity contribution in [3.05, 3.63) is 53.6 Å². The van der Waals surface area contributed by atoms with Crippen LogP contribution in [0.25, 0.3) is 0 Å². The Morgan fingerprint density at radius 3 is 2.67 bits per heavy atom. The van der Waals surface area contributed by atoms with Gasteiger partial charge in [-0.3, -0.25) is 4.79 Å². The van der Waals surface area contributed by atoms with E-state index in [1.54, 1.807) is 31.2 Å². The Labute approximate surface area is 120 Å². The lowest BCUT2D eigenvalue weighted by molar-refractivity contribution is -0.0493. The Kier molecular flexibility index (Phi) is 4.37. The largest absolute Gasteiger partial charge is 0.433 e. The molecule has 0 spiro atoms. The summed E-state index contributed by atoms with van der Waals surface area (Å²) in [5.41, 5.74) is 7.38. The van der Waals surface area contributed by atoms with Gasteiger partial charge >= 0.3 is 6.61 Å². The SMILES string of the molecule is Cc1ccc(N)cc1C(=O)Nc1ccccc1OC(F)F. The molecule has 0 heterocycles. The summed E-state index contributed by atoms with van der Waals surface area (Å²) in [6.45, 7) is -1.20. The third kappa shape index (κ3) is 3.68. The number of para-hydroxylation sites is 2. The average molecular weight is 292 g/mol. The molecule has 0 aliphatic heterocycles. The number of carbonyl (C=O) groups excluding carboxylic acids is 1. The van der Waals surface area contributed by atoms with Gasteiger partial charge in [-0.1, -0.05) is 18.2 Å². The fourth-order valence-electron chi connectivity index (χ4n) is 1.84. The zero-order valence-electron chi connectivity index (χ0n) is 11.3. The van der Waals surface area contributed by atoms with Crippen molar-refractivity contribution in [2.24, 2.45) is 0 Å². The first-order chi connectivity index (χ1) is 9.97. The lowest BCUT2D eigenvalue weighted by atomic mass is 10.1. The predicted molar refractivity (Wildman–Crippen MR) is 76.6 cm³/mol. The number of amides is 1. The minimum Gasteiger partial charge on any atom is -0.433 e. The summed E-state index contributed by atoms with van der Waals surface area (Å²) in [4.78, 5) is 12.2. The highest BCUT2D eigenvalue weighted by molar-refractivity contribution is 6.06. The Morgan fingerprint density at radius 1 is 1.24 bits per heavy atom. The van der Waals surface area contributed by atoms with E-state index >= 15 is 0 Å². The number of nitrogens with one attached hydrogen (secondary N) is 1. The van der Waals surface area contributed by atoms with Gasteiger partial charge in [-0.25, -0.2) is 0 Å². The Bertz CT molecular complexity index is 660. The molecule has 0 fully saturated rings. The fourth-order valence-corrected chi connectivity index (χ4v) is 1.84. The van der Waals surface area contributed by atoms with Crippen molar-refractivity contribution in [1.29, 1.82) is 0 Å². The number of carbonyl (C=O) groups is 1. The number of anilines is 2. The van der Waals surface area contributed by atoms with Crippen molar-refractivity contribution >= 4 is 17.3 Å². The van der Waals surface area contributed by atoms with Gasteiger partial charge < -0.3 is 15.8 Å². The molecule has 0 atom stereocenters. The fraction of sp³-hybridized carbons (Fsp3) is 0.133. The zero-order chi connectivity index (χ0) is 15.4. The number of hydrogen-bond acceptors (Lipinski definition) is 3. The van der Waals surface area contributed by atoms with Crippen LogP contribution in [0.2, 0.25) is 0 Å². The molecule has 0 saturated carbocycles. The average Bonchev–Trinajstić information content (AvgIpc) is 2.43. The Balaban J connectivity index is 2.25. The minimum absolute atomic E-state index is 0.0950. The number of halogens is 2. The van der Waals surface area contributed by atoms with Crippen LogP contribution in [0.15, 0.2) is 42.5 Å². The van der Waals surface area contributed by atoms with Crippen LogP contribution in [0.5, 0.6) is 5.75 Å². The highest BCUT2D eigenvalue weighted by Crippen LogP contribution is 2.26. The molecule has 2 aromatic carbocycles. The van der Waals surface area contributed by atoms with Crippen LogP contribution >= 0.6 is 0 Å². The molecule has 0 bridgehead atoms. The first-order valence-corrected chi connectivity index (χ1v) is 6.18. The van der Waals surface area contributed by atoms with Crippen molar-refractivity contribution in [1.82, 2.24) is 0 Å². The highest BCUT2D eigenvalue weighted by atomic mass is 19.3. The number of nitrogens with two attached hydrogens (primary N) is 1. The molecule has 0 aliphatic carbocycles. The van der Waals surface area contributed by atoms with E-state index < -0.39 is 12.5 Å². The van der Waals surface area contributed by atoms with Crippen LogP contribution in [0.3, 0.4) is 0 Å². The van der Waals surface area contributed by atoms with Gasteiger partial charge in [0.2, 0.25) is 0 Å². The van der Waals surface area contributed by atoms with Gasteiger partial charge in [0, 0.05) is 11.3 Å². The van der Waals surface area contributed by atoms with Crippen molar-refractivity contribution in [2.45, 2.75) is 13.5 Å². The van der Waals surface area contributed by atoms with Gasteiger partial charge in [0.05, 0.1) is 5.69 Å². The number of alkyl halides is 2. The maximum absolute atomic E-state index is 12.3. The lowest BCUT2D eigenvalue weighted by Gasteiger charge is -2.12. The quantitative estimate of drug-likeness (QED) is 0.848. The van der Waals surface area contributed by atoms with Crippen LogP contribution in [-0.2, 0) is 0 Å². The van der Waals surface area contributed by atoms with Gasteiger partial charge in [-0.05, 0) is 36.8 Å². The van der Waals surface area contributed by atoms with Crippen LogP contribution in [0.1, 0.15) is 15.9 Å². The molecular formula is C15H14F2N2O2. The normalized spacial score (nSPS) is 10.5. The van der Waals surface area contributed by atoms with Crippen LogP contribution in [0.4, 0.5) is 20.2 Å². The summed E-state index contributed by atoms with van der Waals surface area (Å²) in [5.74, 6) is -0.535. The summed E-state index contributed by atoms with van der Waals surface area (Å²) in [7, 11) is 0. The molecule has 0 radical (unpaired) electrons. The second-order valence-electron chi connectivity index (χ2n) is 4.40. The summed E-state index contributed by atoms with van der Waals surface area (Å²) in [6.07, 6.45) is 0. The maximum Gasteiger partial charge on any atom is 0.387 e. The second kappa shape index (κ2) is 6.21. The van der Waals surface area contributed by atoms with E-state index in [9.17, 15) is 13.6 Å². The monoisotopic (exact) mass is 292 g/mol. The van der Waals surface area contributed by atoms with Gasteiger partial charge in [0.25, 0.3) is 5.91 Å². The number of hydrogen-bond donors (Lipinski definition) is 2. The molecule has 2 aromatic rings. The van der Waals surface area contributed by atoms with E-state index in [1.807, 2.05) is 0 Å². The maximum atomic E-state index is 12.3. The molecule has 21 heavy (non-hydrogen) atoms. The van der Waals surface area contributed by atoms with Gasteiger partial charge in [0.1, 0.15) is 5.75 Å². The first-order valence-electron chi connectivity index (χ1n) is 6.18. The molecule has 6 heteroatoms. The molecule has 0 unspecified atom stereocenters. The molecule has 0 saturated heterocycles. The zero-order valence-corrected chi connectivity index (χ0v) is 11.3. The van der Waals surface area contributed by atoms with E-state index in [1.165, 1.54) is 18.2 Å². The van der Waals surface area contributed by atoms with Crippen LogP contribution < -0.4 is 15.8 Å². The third-order valence-electron chi connectivity index (χ3n) is 2.86. The first kappa shape index (κ1) is 14.8. The van der Waals surface area contributed by atoms with Crippen molar-refractivity contribution in [2.75, 3.05) is 11.1 Å². The topological polar surface area (TPSA) is 64.4 Å². The lowest BCUT2D eigenvalue weighted by Crippen LogP contribution is -2.15. The molecule has 4 nitrogen and oxygen atoms in total. The van der Waals surface area contributed by atoms with E-state index in [0.717, 1.165) is 5.56 Å². The van der Waals surface area contributed by atoms with Crippen LogP contribution in [-0.4, -0.2) is 12.5 Å². The molecule has 1 amide bonds. The number of benzene rings is 2. The van der Waals surface area contributed by atoms with Gasteiger partial charge in [-0.2, -0.15) is 8.78 Å². The molecular weight excluding hydrogens is 278 g/mol. The summed E-state index contributed by atoms with van der Waals surface area (Å²) in [6, 6.07) is 10.9. The molecule has 110 valence electrons. The van der Waals surface area contributed by atoms with E-state index in [-0.39, 0.29) is 11.4 Å². The summed E-state index contributed by atoms with van der Waals surface area (Å²) < 4.78 is 29.0. The predicted octanol–water partition coefficient (Wildman–Crippen LogP) is 3.43. The second-order valence-corrected chi connectivity index (χ2v) is 4.40. The summed E-state index contributed by atoms with van der Waals surface area (Å²) in [5, 5.41) is 2.55. The van der Waals surface area contributed by atoms with Gasteiger partial charge in [0.15, 0.2) is 0 Å². The van der Waals surface area contributed by atoms with Crippen LogP contribution in [0, 0.1) is 6.92 Å². The molecule has 0 aliphatic rings. The van der Waals surface area contributed by atoms with E-state index in [0.29, 0.717) is 11.3 Å². The number of nitrogen functional groups attached to an aromatic ring is 1. The number of aryl methyl sites for hydroxylation is 1. The number of rotatable bonds is 4. The smallest absolute Gasteiger partial charge is 0.387 e. The minimum atomic E-state index is -2.96. The van der Waals surface area contributed by atoms with Gasteiger partial charge in [-0.15, -0.1) is 0 Å². The van der Waals surface area contributed by atoms with Crippen molar-refractivity contribution in [3.63, 3.8) is 0 Å². The molecule has 0 aromatic heterocycles.